The number of aromatic nitrogens is 3. The first kappa shape index (κ1) is 24.0. The third-order valence-electron chi connectivity index (χ3n) is 4.73. The van der Waals surface area contributed by atoms with E-state index in [9.17, 15) is 14.0 Å². The quantitative estimate of drug-likeness (QED) is 0.327. The number of nitrogens with zero attached hydrogens (tertiary/aromatic N) is 3. The number of carbonyl (C=O) groups excluding carboxylic acids is 2. The summed E-state index contributed by atoms with van der Waals surface area (Å²) in [5, 5.41) is 14.4. The molecule has 4 rings (SSSR count). The molecule has 0 unspecified atom stereocenters. The number of ether oxygens (including phenoxy) is 1. The Morgan fingerprint density at radius 2 is 1.57 bits per heavy atom. The van der Waals surface area contributed by atoms with Gasteiger partial charge in [-0.05, 0) is 48.5 Å². The van der Waals surface area contributed by atoms with Crippen molar-refractivity contribution >= 4 is 29.3 Å². The van der Waals surface area contributed by atoms with Crippen LogP contribution >= 0.6 is 11.8 Å². The number of amides is 2. The molecular formula is C25H22FN5O3S. The smallest absolute Gasteiger partial charge is 0.258 e. The molecule has 178 valence electrons. The summed E-state index contributed by atoms with van der Waals surface area (Å²) in [6, 6.07) is 24.0. The van der Waals surface area contributed by atoms with Crippen molar-refractivity contribution in [3.8, 4) is 11.4 Å². The fourth-order valence-corrected chi connectivity index (χ4v) is 3.87. The van der Waals surface area contributed by atoms with Crippen LogP contribution in [0.3, 0.4) is 0 Å². The highest BCUT2D eigenvalue weighted by Gasteiger charge is 2.17. The van der Waals surface area contributed by atoms with Crippen molar-refractivity contribution in [3.63, 3.8) is 0 Å². The summed E-state index contributed by atoms with van der Waals surface area (Å²) >= 11 is 1.20. The Morgan fingerprint density at radius 1 is 0.886 bits per heavy atom. The van der Waals surface area contributed by atoms with Crippen LogP contribution in [0.1, 0.15) is 5.82 Å². The van der Waals surface area contributed by atoms with Crippen LogP contribution in [0.25, 0.3) is 5.69 Å². The van der Waals surface area contributed by atoms with Gasteiger partial charge in [0.05, 0.1) is 12.3 Å². The number of anilines is 1. The Kier molecular flexibility index (Phi) is 8.08. The third-order valence-corrected chi connectivity index (χ3v) is 5.66. The molecular weight excluding hydrogens is 469 g/mol. The number of para-hydroxylation sites is 2. The molecule has 0 spiro atoms. The minimum atomic E-state index is -0.375. The fourth-order valence-electron chi connectivity index (χ4n) is 3.10. The highest BCUT2D eigenvalue weighted by atomic mass is 32.2. The van der Waals surface area contributed by atoms with Crippen LogP contribution in [0.2, 0.25) is 0 Å². The topological polar surface area (TPSA) is 98.1 Å². The van der Waals surface area contributed by atoms with Gasteiger partial charge in [0.2, 0.25) is 5.91 Å². The number of hydrogen-bond acceptors (Lipinski definition) is 6. The van der Waals surface area contributed by atoms with Gasteiger partial charge in [0.15, 0.2) is 17.6 Å². The molecule has 2 N–H and O–H groups in total. The fraction of sp³-hybridized carbons (Fsp3) is 0.120. The minimum absolute atomic E-state index is 0.0691. The molecule has 10 heteroatoms. The molecule has 1 aromatic heterocycles. The number of nitrogens with one attached hydrogen (secondary N) is 2. The average Bonchev–Trinajstić information content (AvgIpc) is 3.30. The number of halogens is 1. The van der Waals surface area contributed by atoms with E-state index >= 15 is 0 Å². The maximum Gasteiger partial charge on any atom is 0.258 e. The number of carbonyl (C=O) groups is 2. The van der Waals surface area contributed by atoms with E-state index in [4.69, 9.17) is 4.74 Å². The van der Waals surface area contributed by atoms with E-state index in [2.05, 4.69) is 20.8 Å². The predicted molar refractivity (Wildman–Crippen MR) is 131 cm³/mol. The van der Waals surface area contributed by atoms with Gasteiger partial charge in [-0.1, -0.05) is 48.2 Å². The Hall–Kier alpha value is -4.18. The zero-order valence-electron chi connectivity index (χ0n) is 18.6. The van der Waals surface area contributed by atoms with Crippen molar-refractivity contribution in [1.82, 2.24) is 20.1 Å². The molecule has 1 heterocycles. The summed E-state index contributed by atoms with van der Waals surface area (Å²) in [5.74, 6) is 0.235. The summed E-state index contributed by atoms with van der Waals surface area (Å²) in [7, 11) is 0. The van der Waals surface area contributed by atoms with Gasteiger partial charge in [-0.25, -0.2) is 4.39 Å². The SMILES string of the molecule is O=C(COc1ccccc1)NCc1nnc(SCC(=O)Nc2ccc(F)cc2)n1-c1ccccc1. The molecule has 0 saturated carbocycles. The van der Waals surface area contributed by atoms with Gasteiger partial charge in [-0.3, -0.25) is 14.2 Å². The van der Waals surface area contributed by atoms with Gasteiger partial charge in [0, 0.05) is 11.4 Å². The van der Waals surface area contributed by atoms with E-state index in [1.807, 2.05) is 48.5 Å². The van der Waals surface area contributed by atoms with Gasteiger partial charge in [-0.2, -0.15) is 0 Å². The Bertz CT molecular complexity index is 1270. The second kappa shape index (κ2) is 11.8. The predicted octanol–water partition coefficient (Wildman–Crippen LogP) is 3.83. The normalized spacial score (nSPS) is 10.5. The van der Waals surface area contributed by atoms with Crippen molar-refractivity contribution < 1.29 is 18.7 Å². The molecule has 0 atom stereocenters. The molecule has 0 saturated heterocycles. The molecule has 0 aliphatic heterocycles. The zero-order valence-corrected chi connectivity index (χ0v) is 19.4. The van der Waals surface area contributed by atoms with Crippen molar-refractivity contribution in [2.45, 2.75) is 11.7 Å². The van der Waals surface area contributed by atoms with E-state index in [1.54, 1.807) is 16.7 Å². The van der Waals surface area contributed by atoms with Crippen LogP contribution in [0.15, 0.2) is 90.1 Å². The monoisotopic (exact) mass is 491 g/mol. The highest BCUT2D eigenvalue weighted by Crippen LogP contribution is 2.22. The Labute approximate surface area is 205 Å². The first-order chi connectivity index (χ1) is 17.1. The summed E-state index contributed by atoms with van der Waals surface area (Å²) in [6.07, 6.45) is 0. The summed E-state index contributed by atoms with van der Waals surface area (Å²) in [6.45, 7) is -0.00410. The van der Waals surface area contributed by atoms with E-state index in [-0.39, 0.29) is 36.5 Å². The number of benzene rings is 3. The second-order valence-corrected chi connectivity index (χ2v) is 8.23. The number of hydrogen-bond donors (Lipinski definition) is 2. The molecule has 0 aliphatic carbocycles. The zero-order chi connectivity index (χ0) is 24.5. The van der Waals surface area contributed by atoms with E-state index < -0.39 is 0 Å². The van der Waals surface area contributed by atoms with Crippen molar-refractivity contribution in [3.05, 3.63) is 96.6 Å². The average molecular weight is 492 g/mol. The second-order valence-electron chi connectivity index (χ2n) is 7.29. The minimum Gasteiger partial charge on any atom is -0.484 e. The molecule has 0 bridgehead atoms. The lowest BCUT2D eigenvalue weighted by atomic mass is 10.3. The largest absolute Gasteiger partial charge is 0.484 e. The van der Waals surface area contributed by atoms with E-state index in [0.29, 0.717) is 22.4 Å². The Morgan fingerprint density at radius 3 is 2.29 bits per heavy atom. The van der Waals surface area contributed by atoms with E-state index in [0.717, 1.165) is 5.69 Å². The molecule has 4 aromatic rings. The molecule has 0 fully saturated rings. The third kappa shape index (κ3) is 6.90. The lowest BCUT2D eigenvalue weighted by molar-refractivity contribution is -0.123. The number of rotatable bonds is 10. The standard InChI is InChI=1S/C25H22FN5O3S/c26-18-11-13-19(14-12-18)28-24(33)17-35-25-30-29-22(31(25)20-7-3-1-4-8-20)15-27-23(32)16-34-21-9-5-2-6-10-21/h1-14H,15-17H2,(H,27,32)(H,28,33). The van der Waals surface area contributed by atoms with Gasteiger partial charge in [0.25, 0.3) is 5.91 Å². The molecule has 8 nitrogen and oxygen atoms in total. The van der Waals surface area contributed by atoms with Crippen LogP contribution < -0.4 is 15.4 Å². The van der Waals surface area contributed by atoms with Crippen LogP contribution in [-0.4, -0.2) is 38.9 Å². The molecule has 0 aliphatic rings. The van der Waals surface area contributed by atoms with Crippen LogP contribution in [-0.2, 0) is 16.1 Å². The molecule has 35 heavy (non-hydrogen) atoms. The molecule has 3 aromatic carbocycles. The van der Waals surface area contributed by atoms with Crippen LogP contribution in [0.4, 0.5) is 10.1 Å². The van der Waals surface area contributed by atoms with Crippen molar-refractivity contribution in [1.29, 1.82) is 0 Å². The first-order valence-corrected chi connectivity index (χ1v) is 11.7. The van der Waals surface area contributed by atoms with Gasteiger partial charge in [0.1, 0.15) is 11.6 Å². The maximum absolute atomic E-state index is 13.1. The van der Waals surface area contributed by atoms with Gasteiger partial charge in [-0.15, -0.1) is 10.2 Å². The van der Waals surface area contributed by atoms with E-state index in [1.165, 1.54) is 36.0 Å². The lowest BCUT2D eigenvalue weighted by Crippen LogP contribution is -2.29. The summed E-state index contributed by atoms with van der Waals surface area (Å²) in [5.41, 5.74) is 1.30. The number of thioether (sulfide) groups is 1. The van der Waals surface area contributed by atoms with Crippen molar-refractivity contribution in [2.75, 3.05) is 17.7 Å². The van der Waals surface area contributed by atoms with Gasteiger partial charge < -0.3 is 15.4 Å². The van der Waals surface area contributed by atoms with Crippen molar-refractivity contribution in [2.24, 2.45) is 0 Å². The maximum atomic E-state index is 13.1. The molecule has 0 radical (unpaired) electrons. The molecule has 2 amide bonds. The Balaban J connectivity index is 1.39. The summed E-state index contributed by atoms with van der Waals surface area (Å²) < 4.78 is 20.3. The first-order valence-electron chi connectivity index (χ1n) is 10.7. The highest BCUT2D eigenvalue weighted by molar-refractivity contribution is 7.99. The van der Waals surface area contributed by atoms with Crippen LogP contribution in [0.5, 0.6) is 5.75 Å². The van der Waals surface area contributed by atoms with Gasteiger partial charge >= 0.3 is 0 Å². The lowest BCUT2D eigenvalue weighted by Gasteiger charge is -2.11. The summed E-state index contributed by atoms with van der Waals surface area (Å²) in [4.78, 5) is 24.7. The van der Waals surface area contributed by atoms with Crippen LogP contribution in [0, 0.1) is 5.82 Å².